The highest BCUT2D eigenvalue weighted by atomic mass is 15.0. The molecule has 0 aliphatic carbocycles. The predicted octanol–water partition coefficient (Wildman–Crippen LogP) is 10.5. The van der Waals surface area contributed by atoms with Crippen LogP contribution in [0.1, 0.15) is 35.3 Å². The summed E-state index contributed by atoms with van der Waals surface area (Å²) in [7, 11) is 0. The van der Waals surface area contributed by atoms with Gasteiger partial charge in [0.05, 0.1) is 6.54 Å². The monoisotopic (exact) mass is 664 g/mol. The number of aryl methyl sites for hydroxylation is 2. The molecule has 2 aromatic heterocycles. The first kappa shape index (κ1) is 34.5. The number of nitrogens with zero attached hydrogens (tertiary/aromatic N) is 6. The van der Waals surface area contributed by atoms with Crippen LogP contribution in [0.4, 0.5) is 0 Å². The number of rotatable bonds is 12. The Morgan fingerprint density at radius 2 is 1.20 bits per heavy atom. The van der Waals surface area contributed by atoms with E-state index < -0.39 is 0 Å². The van der Waals surface area contributed by atoms with Crippen LogP contribution in [0, 0.1) is 13.8 Å². The Hall–Kier alpha value is -6.40. The molecule has 0 fully saturated rings. The second-order valence-electron chi connectivity index (χ2n) is 12.2. The van der Waals surface area contributed by atoms with Gasteiger partial charge in [-0.1, -0.05) is 122 Å². The number of benzene rings is 4. The van der Waals surface area contributed by atoms with Crippen LogP contribution < -0.4 is 0 Å². The third-order valence-corrected chi connectivity index (χ3v) is 8.24. The van der Waals surface area contributed by atoms with Gasteiger partial charge in [-0.15, -0.1) is 0 Å². The van der Waals surface area contributed by atoms with Gasteiger partial charge in [0.2, 0.25) is 0 Å². The molecule has 0 amide bonds. The molecule has 0 saturated carbocycles. The zero-order valence-corrected chi connectivity index (χ0v) is 29.3. The Bertz CT molecular complexity index is 2170. The van der Waals surface area contributed by atoms with E-state index >= 15 is 0 Å². The van der Waals surface area contributed by atoms with Crippen molar-refractivity contribution in [1.82, 2.24) is 24.9 Å². The van der Waals surface area contributed by atoms with E-state index in [0.717, 1.165) is 67.4 Å². The quantitative estimate of drug-likeness (QED) is 0.0961. The van der Waals surface area contributed by atoms with E-state index in [0.29, 0.717) is 30.4 Å². The minimum atomic E-state index is 0.585. The minimum absolute atomic E-state index is 0.585. The summed E-state index contributed by atoms with van der Waals surface area (Å²) in [6, 6.07) is 37.0. The van der Waals surface area contributed by atoms with Crippen molar-refractivity contribution < 1.29 is 0 Å². The molecule has 0 aliphatic heterocycles. The zero-order valence-electron chi connectivity index (χ0n) is 29.3. The molecule has 0 spiro atoms. The van der Waals surface area contributed by atoms with Crippen LogP contribution in [0.5, 0.6) is 0 Å². The summed E-state index contributed by atoms with van der Waals surface area (Å²) in [5.41, 5.74) is 10.8. The first-order chi connectivity index (χ1) is 24.9. The molecule has 0 saturated heterocycles. The molecule has 2 heterocycles. The van der Waals surface area contributed by atoms with Crippen molar-refractivity contribution in [2.45, 2.75) is 33.7 Å². The Labute approximate surface area is 300 Å². The zero-order chi connectivity index (χ0) is 35.6. The van der Waals surface area contributed by atoms with Crippen molar-refractivity contribution in [3.8, 4) is 45.3 Å². The molecular formula is C45H40N6. The van der Waals surface area contributed by atoms with Gasteiger partial charge < -0.3 is 0 Å². The number of allylic oxidation sites excluding steroid dienone is 6. The van der Waals surface area contributed by atoms with E-state index in [1.807, 2.05) is 99.7 Å². The highest BCUT2D eigenvalue weighted by Crippen LogP contribution is 2.32. The normalized spacial score (nSPS) is 11.9. The molecular weight excluding hydrogens is 625 g/mol. The van der Waals surface area contributed by atoms with Gasteiger partial charge in [-0.3, -0.25) is 4.99 Å². The molecule has 0 unspecified atom stereocenters. The Morgan fingerprint density at radius 1 is 0.627 bits per heavy atom. The van der Waals surface area contributed by atoms with Gasteiger partial charge in [0.15, 0.2) is 17.5 Å². The van der Waals surface area contributed by atoms with Crippen LogP contribution in [-0.4, -0.2) is 30.6 Å². The number of hydrogen-bond donors (Lipinski definition) is 0. The van der Waals surface area contributed by atoms with Crippen molar-refractivity contribution in [2.24, 2.45) is 4.99 Å². The summed E-state index contributed by atoms with van der Waals surface area (Å²) >= 11 is 0. The molecule has 6 rings (SSSR count). The lowest BCUT2D eigenvalue weighted by molar-refractivity contribution is 0.932. The van der Waals surface area contributed by atoms with Gasteiger partial charge in [0, 0.05) is 40.2 Å². The van der Waals surface area contributed by atoms with Crippen molar-refractivity contribution in [3.05, 3.63) is 181 Å². The summed E-state index contributed by atoms with van der Waals surface area (Å²) in [5.74, 6) is 2.60. The van der Waals surface area contributed by atoms with Gasteiger partial charge in [-0.25, -0.2) is 24.9 Å². The molecule has 0 bridgehead atoms. The summed E-state index contributed by atoms with van der Waals surface area (Å²) in [4.78, 5) is 28.8. The van der Waals surface area contributed by atoms with Crippen molar-refractivity contribution in [2.75, 3.05) is 0 Å². The van der Waals surface area contributed by atoms with E-state index in [1.165, 1.54) is 0 Å². The molecule has 6 aromatic rings. The third kappa shape index (κ3) is 8.99. The minimum Gasteiger partial charge on any atom is -0.285 e. The maximum absolute atomic E-state index is 5.04. The van der Waals surface area contributed by atoms with E-state index in [9.17, 15) is 0 Å². The lowest BCUT2D eigenvalue weighted by Gasteiger charge is -2.13. The van der Waals surface area contributed by atoms with Crippen LogP contribution in [0.25, 0.3) is 50.9 Å². The first-order valence-electron chi connectivity index (χ1n) is 16.9. The van der Waals surface area contributed by atoms with Crippen molar-refractivity contribution >= 4 is 11.3 Å². The average molecular weight is 665 g/mol. The van der Waals surface area contributed by atoms with Crippen LogP contribution in [0.3, 0.4) is 0 Å². The van der Waals surface area contributed by atoms with Gasteiger partial charge in [0.1, 0.15) is 5.82 Å². The molecule has 6 nitrogen and oxygen atoms in total. The third-order valence-electron chi connectivity index (χ3n) is 8.24. The topological polar surface area (TPSA) is 76.8 Å². The maximum atomic E-state index is 5.04. The molecule has 4 aromatic carbocycles. The largest absolute Gasteiger partial charge is 0.285 e. The Kier molecular flexibility index (Phi) is 11.0. The van der Waals surface area contributed by atoms with Crippen LogP contribution in [0.2, 0.25) is 0 Å². The fourth-order valence-electron chi connectivity index (χ4n) is 5.67. The highest BCUT2D eigenvalue weighted by Gasteiger charge is 2.15. The van der Waals surface area contributed by atoms with Crippen molar-refractivity contribution in [1.29, 1.82) is 0 Å². The molecule has 0 radical (unpaired) electrons. The van der Waals surface area contributed by atoms with E-state index in [2.05, 4.69) is 82.7 Å². The summed E-state index contributed by atoms with van der Waals surface area (Å²) < 4.78 is 0. The number of aliphatic imine (C=N–C) groups is 1. The molecule has 0 aliphatic rings. The molecule has 0 atom stereocenters. The number of aromatic nitrogens is 5. The smallest absolute Gasteiger partial charge is 0.164 e. The van der Waals surface area contributed by atoms with E-state index in [4.69, 9.17) is 15.0 Å². The van der Waals surface area contributed by atoms with E-state index in [-0.39, 0.29) is 0 Å². The molecule has 6 heteroatoms. The summed E-state index contributed by atoms with van der Waals surface area (Å²) in [5, 5.41) is 0. The predicted molar refractivity (Wildman–Crippen MR) is 211 cm³/mol. The summed E-state index contributed by atoms with van der Waals surface area (Å²) in [6.07, 6.45) is 10.4. The maximum Gasteiger partial charge on any atom is 0.164 e. The fourth-order valence-corrected chi connectivity index (χ4v) is 5.67. The van der Waals surface area contributed by atoms with Gasteiger partial charge in [-0.2, -0.15) is 0 Å². The molecule has 250 valence electrons. The Morgan fingerprint density at radius 3 is 1.76 bits per heavy atom. The molecule has 0 N–H and O–H groups in total. The first-order valence-corrected chi connectivity index (χ1v) is 16.9. The molecule has 51 heavy (non-hydrogen) atoms. The van der Waals surface area contributed by atoms with Crippen LogP contribution in [-0.2, 0) is 13.0 Å². The van der Waals surface area contributed by atoms with Gasteiger partial charge in [-0.05, 0) is 78.9 Å². The van der Waals surface area contributed by atoms with Gasteiger partial charge >= 0.3 is 0 Å². The fraction of sp³-hybridized carbons (Fsp3) is 0.111. The highest BCUT2D eigenvalue weighted by molar-refractivity contribution is 5.92. The number of hydrogen-bond acceptors (Lipinski definition) is 6. The SMILES string of the molecule is C=C/C=C(\C=C/Cc1nc(C)cc(C)n1)c1cc(-c2ccc(C/N=C(/C)C=C)cc2)cc(-c2nc(-c3ccccc3)nc(-c3ccccc3)n2)c1. The lowest BCUT2D eigenvalue weighted by Crippen LogP contribution is -2.01. The van der Waals surface area contributed by atoms with Crippen molar-refractivity contribution in [3.63, 3.8) is 0 Å². The van der Waals surface area contributed by atoms with Crippen LogP contribution in [0.15, 0.2) is 158 Å². The van der Waals surface area contributed by atoms with Crippen LogP contribution >= 0.6 is 0 Å². The van der Waals surface area contributed by atoms with Gasteiger partial charge in [0.25, 0.3) is 0 Å². The second-order valence-corrected chi connectivity index (χ2v) is 12.2. The lowest BCUT2D eigenvalue weighted by atomic mass is 9.94. The average Bonchev–Trinajstić information content (AvgIpc) is 3.16. The Balaban J connectivity index is 1.48. The summed E-state index contributed by atoms with van der Waals surface area (Å²) in [6.45, 7) is 14.4. The second kappa shape index (κ2) is 16.3. The standard InChI is InChI=1S/C45H40N6/c1-6-15-35(20-14-21-42-47-32(4)26-33(5)48-42)39-27-40(36-24-22-34(23-25-36)30-46-31(3)7-2)29-41(28-39)45-50-43(37-16-10-8-11-17-37)49-44(51-45)38-18-12-9-13-19-38/h6-20,22-29H,1-2,21,30H2,3-5H3/b20-14-,35-15+,46-31-. The van der Waals surface area contributed by atoms with E-state index in [1.54, 1.807) is 6.08 Å².